The monoisotopic (exact) mass is 750 g/mol. The maximum absolute atomic E-state index is 2.71. The van der Waals surface area contributed by atoms with Crippen molar-refractivity contribution < 1.29 is 0 Å². The summed E-state index contributed by atoms with van der Waals surface area (Å²) in [6.45, 7) is 2.52. The molecular formula is C58H54. The lowest BCUT2D eigenvalue weighted by molar-refractivity contribution is 0.299. The van der Waals surface area contributed by atoms with Crippen molar-refractivity contribution in [2.24, 2.45) is 47.3 Å². The molecule has 0 radical (unpaired) electrons. The van der Waals surface area contributed by atoms with Gasteiger partial charge in [-0.25, -0.2) is 0 Å². The van der Waals surface area contributed by atoms with Gasteiger partial charge in [0.05, 0.1) is 0 Å². The topological polar surface area (TPSA) is 0 Å². The second kappa shape index (κ2) is 15.0. The highest BCUT2D eigenvalue weighted by Gasteiger charge is 2.38. The van der Waals surface area contributed by atoms with Crippen LogP contribution in [0.15, 0.2) is 198 Å². The predicted octanol–water partition coefficient (Wildman–Crippen LogP) is 10.9. The van der Waals surface area contributed by atoms with Crippen molar-refractivity contribution >= 4 is 22.3 Å². The molecule has 0 aliphatic heterocycles. The zero-order valence-corrected chi connectivity index (χ0v) is 33.8. The van der Waals surface area contributed by atoms with Crippen LogP contribution in [-0.4, -0.2) is 0 Å². The van der Waals surface area contributed by atoms with E-state index in [0.717, 1.165) is 31.1 Å². The van der Waals surface area contributed by atoms with E-state index in [4.69, 9.17) is 0 Å². The number of hydrogen-bond donors (Lipinski definition) is 0. The van der Waals surface area contributed by atoms with E-state index in [1.807, 2.05) is 0 Å². The zero-order chi connectivity index (χ0) is 38.6. The minimum absolute atomic E-state index is 0.319. The molecule has 0 heteroatoms. The number of fused-ring (bicyclic) bond motifs is 6. The molecule has 58 heavy (non-hydrogen) atoms. The van der Waals surface area contributed by atoms with Gasteiger partial charge in [-0.1, -0.05) is 189 Å². The van der Waals surface area contributed by atoms with Crippen molar-refractivity contribution in [1.82, 2.24) is 0 Å². The highest BCUT2D eigenvalue weighted by molar-refractivity contribution is 5.84. The van der Waals surface area contributed by atoms with E-state index in [1.54, 1.807) is 16.7 Å². The van der Waals surface area contributed by atoms with Gasteiger partial charge in [0.25, 0.3) is 0 Å². The van der Waals surface area contributed by atoms with Gasteiger partial charge in [-0.05, 0) is 128 Å². The lowest BCUT2D eigenvalue weighted by Gasteiger charge is -2.38. The van der Waals surface area contributed by atoms with Gasteiger partial charge in [0.2, 0.25) is 0 Å². The van der Waals surface area contributed by atoms with E-state index in [1.165, 1.54) is 80.0 Å². The summed E-state index contributed by atoms with van der Waals surface area (Å²) in [6.07, 6.45) is 47.5. The number of rotatable bonds is 5. The first-order chi connectivity index (χ1) is 28.7. The van der Waals surface area contributed by atoms with Crippen molar-refractivity contribution in [1.29, 1.82) is 0 Å². The first kappa shape index (κ1) is 35.7. The highest BCUT2D eigenvalue weighted by Crippen LogP contribution is 2.49. The Labute approximate surface area is 344 Å². The fourth-order valence-corrected chi connectivity index (χ4v) is 12.3. The summed E-state index contributed by atoms with van der Waals surface area (Å²) in [5, 5.41) is 5.67. The molecule has 0 heterocycles. The van der Waals surface area contributed by atoms with E-state index < -0.39 is 0 Å². The summed E-state index contributed by atoms with van der Waals surface area (Å²) >= 11 is 0. The molecule has 8 atom stereocenters. The van der Waals surface area contributed by atoms with Crippen LogP contribution in [0.1, 0.15) is 57.4 Å². The van der Waals surface area contributed by atoms with Gasteiger partial charge in [0.15, 0.2) is 0 Å². The molecule has 8 aliphatic rings. The second-order valence-corrected chi connectivity index (χ2v) is 18.0. The van der Waals surface area contributed by atoms with E-state index in [-0.39, 0.29) is 0 Å². The van der Waals surface area contributed by atoms with Crippen LogP contribution in [0.3, 0.4) is 0 Å². The van der Waals surface area contributed by atoms with Gasteiger partial charge in [-0.3, -0.25) is 0 Å². The Kier molecular flexibility index (Phi) is 9.26. The number of hydrogen-bond acceptors (Lipinski definition) is 0. The Balaban J connectivity index is 1.05. The molecule has 0 saturated carbocycles. The standard InChI is InChI=1S/C58H54/c1-38-39-17-5-6-20-43(38)37-44(36-31-39)45-21-7-8-22-46(45)58-53-29-15-13-27-51(53)57(52-28-14-16-30-54(52)58)42-34-32-41(33-35-42)56-49-25-11-9-23-47(49)55(40-18-3-2-4-19-40)48-24-10-12-26-50(48)56/h2-4,6-16,18-20,22-30,32,34,37-39,43,45,47,49,51,53H,5,17,21,31,33,35-36H2,1H3. The van der Waals surface area contributed by atoms with Crippen LogP contribution in [0.25, 0.3) is 22.3 Å². The third-order valence-corrected chi connectivity index (χ3v) is 15.1. The van der Waals surface area contributed by atoms with Gasteiger partial charge in [0, 0.05) is 29.6 Å². The molecule has 286 valence electrons. The maximum atomic E-state index is 2.71. The normalized spacial score (nSPS) is 30.6. The molecule has 3 aromatic carbocycles. The average Bonchev–Trinajstić information content (AvgIpc) is 3.56. The van der Waals surface area contributed by atoms with Gasteiger partial charge < -0.3 is 0 Å². The highest BCUT2D eigenvalue weighted by atomic mass is 14.4. The third-order valence-electron chi connectivity index (χ3n) is 15.1. The molecule has 8 unspecified atom stereocenters. The van der Waals surface area contributed by atoms with Crippen molar-refractivity contribution in [3.05, 3.63) is 225 Å². The lowest BCUT2D eigenvalue weighted by Crippen LogP contribution is -2.41. The van der Waals surface area contributed by atoms with Crippen molar-refractivity contribution in [2.75, 3.05) is 0 Å². The van der Waals surface area contributed by atoms with Crippen molar-refractivity contribution in [3.8, 4) is 0 Å². The fourth-order valence-electron chi connectivity index (χ4n) is 12.3. The van der Waals surface area contributed by atoms with E-state index in [9.17, 15) is 0 Å². The Morgan fingerprint density at radius 1 is 0.483 bits per heavy atom. The van der Waals surface area contributed by atoms with Crippen molar-refractivity contribution in [2.45, 2.75) is 51.9 Å². The summed E-state index contributed by atoms with van der Waals surface area (Å²) in [6, 6.07) is 29.7. The summed E-state index contributed by atoms with van der Waals surface area (Å²) in [7, 11) is 0. The van der Waals surface area contributed by atoms with E-state index in [0.29, 0.717) is 35.5 Å². The van der Waals surface area contributed by atoms with Gasteiger partial charge >= 0.3 is 0 Å². The van der Waals surface area contributed by atoms with Gasteiger partial charge in [-0.15, -0.1) is 0 Å². The van der Waals surface area contributed by atoms with Crippen LogP contribution >= 0.6 is 0 Å². The Morgan fingerprint density at radius 2 is 1.03 bits per heavy atom. The first-order valence-corrected chi connectivity index (χ1v) is 22.3. The van der Waals surface area contributed by atoms with Crippen LogP contribution in [0.2, 0.25) is 0 Å². The molecule has 8 aliphatic carbocycles. The van der Waals surface area contributed by atoms with Crippen molar-refractivity contribution in [3.63, 3.8) is 0 Å². The fraction of sp³-hybridized carbons (Fsp3) is 0.276. The molecule has 0 fully saturated rings. The quantitative estimate of drug-likeness (QED) is 0.228. The van der Waals surface area contributed by atoms with E-state index in [2.05, 4.69) is 183 Å². The number of allylic oxidation sites excluding steroid dienone is 20. The SMILES string of the molecule is CC1C2C=CCCC1CCC(C1CC=CC=C1C1=c3ccccc3=C(C3=CC=C(C4=c5ccccc5=C(c5ccccc5)C5C=CC=CC45)CC3)C3C=CC=CC13)=C2. The minimum atomic E-state index is 0.319. The van der Waals surface area contributed by atoms with Crippen LogP contribution in [0.4, 0.5) is 0 Å². The molecule has 0 saturated heterocycles. The molecule has 0 nitrogen and oxygen atoms in total. The first-order valence-electron chi connectivity index (χ1n) is 22.3. The summed E-state index contributed by atoms with van der Waals surface area (Å²) in [5.41, 5.74) is 13.6. The average molecular weight is 751 g/mol. The smallest absolute Gasteiger partial charge is 0.0137 e. The van der Waals surface area contributed by atoms with Gasteiger partial charge in [0.1, 0.15) is 0 Å². The predicted molar refractivity (Wildman–Crippen MR) is 244 cm³/mol. The molecule has 11 rings (SSSR count). The molecule has 0 spiro atoms. The largest absolute Gasteiger partial charge is 0.0879 e. The van der Waals surface area contributed by atoms with E-state index >= 15 is 0 Å². The Morgan fingerprint density at radius 3 is 1.66 bits per heavy atom. The van der Waals surface area contributed by atoms with Crippen LogP contribution in [0.5, 0.6) is 0 Å². The molecule has 0 aromatic heterocycles. The summed E-state index contributed by atoms with van der Waals surface area (Å²) in [4.78, 5) is 0. The molecule has 0 N–H and O–H groups in total. The summed E-state index contributed by atoms with van der Waals surface area (Å²) < 4.78 is 0. The lowest BCUT2D eigenvalue weighted by atomic mass is 9.65. The summed E-state index contributed by atoms with van der Waals surface area (Å²) in [5.74, 6) is 3.84. The number of benzene rings is 3. The Bertz CT molecular complexity index is 2740. The van der Waals surface area contributed by atoms with Crippen LogP contribution in [0, 0.1) is 47.3 Å². The second-order valence-electron chi connectivity index (χ2n) is 18.0. The molecule has 2 bridgehead atoms. The molecule has 3 aromatic rings. The molecular weight excluding hydrogens is 697 g/mol. The zero-order valence-electron chi connectivity index (χ0n) is 33.8. The minimum Gasteiger partial charge on any atom is -0.0879 e. The molecule has 0 amide bonds. The third kappa shape index (κ3) is 6.02. The van der Waals surface area contributed by atoms with Crippen LogP contribution < -0.4 is 20.9 Å². The van der Waals surface area contributed by atoms with Crippen LogP contribution in [-0.2, 0) is 0 Å². The van der Waals surface area contributed by atoms with Gasteiger partial charge in [-0.2, -0.15) is 0 Å². The Hall–Kier alpha value is -5.46. The maximum Gasteiger partial charge on any atom is 0.0137 e.